The third-order valence-electron chi connectivity index (χ3n) is 4.40. The summed E-state index contributed by atoms with van der Waals surface area (Å²) in [6.45, 7) is 3.03. The molecule has 0 radical (unpaired) electrons. The van der Waals surface area contributed by atoms with Gasteiger partial charge in [0.1, 0.15) is 12.1 Å². The van der Waals surface area contributed by atoms with Gasteiger partial charge in [-0.2, -0.15) is 0 Å². The van der Waals surface area contributed by atoms with Crippen molar-refractivity contribution in [2.24, 2.45) is 0 Å². The van der Waals surface area contributed by atoms with E-state index in [2.05, 4.69) is 5.32 Å². The summed E-state index contributed by atoms with van der Waals surface area (Å²) >= 11 is 12.1. The van der Waals surface area contributed by atoms with Gasteiger partial charge in [0, 0.05) is 28.7 Å². The van der Waals surface area contributed by atoms with Crippen LogP contribution in [-0.4, -0.2) is 60.5 Å². The number of hydrogen-bond donors (Lipinski definition) is 1. The van der Waals surface area contributed by atoms with E-state index in [4.69, 9.17) is 27.9 Å². The van der Waals surface area contributed by atoms with Crippen molar-refractivity contribution in [2.45, 2.75) is 12.5 Å². The molecule has 1 aromatic carbocycles. The highest BCUT2D eigenvalue weighted by Crippen LogP contribution is 2.34. The Kier molecular flexibility index (Phi) is 4.90. The zero-order valence-electron chi connectivity index (χ0n) is 13.6. The Hall–Kier alpha value is -1.83. The Labute approximate surface area is 154 Å². The maximum atomic E-state index is 12.8. The molecule has 4 amide bonds. The molecule has 1 atom stereocenters. The van der Waals surface area contributed by atoms with Crippen LogP contribution in [0.4, 0.5) is 4.79 Å². The molecule has 2 fully saturated rings. The lowest BCUT2D eigenvalue weighted by Crippen LogP contribution is -2.47. The van der Waals surface area contributed by atoms with Crippen LogP contribution in [0, 0.1) is 0 Å². The fourth-order valence-corrected chi connectivity index (χ4v) is 3.56. The summed E-state index contributed by atoms with van der Waals surface area (Å²) in [6.07, 6.45) is 0. The number of halogens is 2. The molecule has 9 heteroatoms. The Morgan fingerprint density at radius 3 is 2.60 bits per heavy atom. The topological polar surface area (TPSA) is 79.0 Å². The summed E-state index contributed by atoms with van der Waals surface area (Å²) < 4.78 is 5.20. The minimum Gasteiger partial charge on any atom is -0.378 e. The molecular formula is C16H17Cl2N3O4. The van der Waals surface area contributed by atoms with Gasteiger partial charge < -0.3 is 15.0 Å². The number of nitrogens with zero attached hydrogens (tertiary/aromatic N) is 2. The summed E-state index contributed by atoms with van der Waals surface area (Å²) in [5.74, 6) is -0.818. The lowest BCUT2D eigenvalue weighted by Gasteiger charge is -2.28. The van der Waals surface area contributed by atoms with Crippen LogP contribution in [0.5, 0.6) is 0 Å². The summed E-state index contributed by atoms with van der Waals surface area (Å²) in [4.78, 5) is 40.0. The molecule has 25 heavy (non-hydrogen) atoms. The van der Waals surface area contributed by atoms with Crippen LogP contribution >= 0.6 is 23.2 Å². The van der Waals surface area contributed by atoms with Gasteiger partial charge in [-0.1, -0.05) is 29.3 Å². The van der Waals surface area contributed by atoms with E-state index in [9.17, 15) is 14.4 Å². The predicted octanol–water partition coefficient (Wildman–Crippen LogP) is 1.62. The van der Waals surface area contributed by atoms with E-state index < -0.39 is 17.5 Å². The first-order valence-corrected chi connectivity index (χ1v) is 8.53. The van der Waals surface area contributed by atoms with Crippen molar-refractivity contribution < 1.29 is 19.1 Å². The molecule has 0 unspecified atom stereocenters. The van der Waals surface area contributed by atoms with E-state index in [1.807, 2.05) is 0 Å². The lowest BCUT2D eigenvalue weighted by atomic mass is 9.92. The molecule has 1 aromatic rings. The Balaban J connectivity index is 1.80. The minimum absolute atomic E-state index is 0.269. The second-order valence-electron chi connectivity index (χ2n) is 6.06. The van der Waals surface area contributed by atoms with Crippen LogP contribution in [0.25, 0.3) is 0 Å². The van der Waals surface area contributed by atoms with E-state index in [0.717, 1.165) is 4.90 Å². The van der Waals surface area contributed by atoms with Crippen molar-refractivity contribution in [1.82, 2.24) is 15.1 Å². The Morgan fingerprint density at radius 1 is 1.28 bits per heavy atom. The second-order valence-corrected chi connectivity index (χ2v) is 6.91. The van der Waals surface area contributed by atoms with Crippen molar-refractivity contribution >= 4 is 41.0 Å². The smallest absolute Gasteiger partial charge is 0.325 e. The van der Waals surface area contributed by atoms with Crippen molar-refractivity contribution in [3.8, 4) is 0 Å². The number of imide groups is 1. The van der Waals surface area contributed by atoms with Gasteiger partial charge >= 0.3 is 6.03 Å². The molecule has 2 saturated heterocycles. The summed E-state index contributed by atoms with van der Waals surface area (Å²) in [5.41, 5.74) is -0.914. The molecule has 0 saturated carbocycles. The molecule has 3 rings (SSSR count). The molecular weight excluding hydrogens is 369 g/mol. The molecule has 0 aromatic heterocycles. The largest absolute Gasteiger partial charge is 0.378 e. The SMILES string of the molecule is C[C@]1(c2ccc(Cl)cc2Cl)NC(=O)N(CC(=O)N2CCOCC2)C1=O. The van der Waals surface area contributed by atoms with E-state index in [0.29, 0.717) is 36.9 Å². The lowest BCUT2D eigenvalue weighted by molar-refractivity contribution is -0.141. The number of carbonyl (C=O) groups excluding carboxylic acids is 3. The zero-order valence-corrected chi connectivity index (χ0v) is 15.1. The molecule has 1 N–H and O–H groups in total. The number of morpholine rings is 1. The Bertz CT molecular complexity index is 736. The molecule has 2 aliphatic rings. The second kappa shape index (κ2) is 6.82. The molecule has 2 heterocycles. The van der Waals surface area contributed by atoms with Crippen LogP contribution in [0.1, 0.15) is 12.5 Å². The van der Waals surface area contributed by atoms with Crippen LogP contribution < -0.4 is 5.32 Å². The fraction of sp³-hybridized carbons (Fsp3) is 0.438. The first kappa shape index (κ1) is 18.0. The average Bonchev–Trinajstić information content (AvgIpc) is 2.79. The average molecular weight is 386 g/mol. The van der Waals surface area contributed by atoms with Crippen molar-refractivity contribution in [2.75, 3.05) is 32.8 Å². The summed E-state index contributed by atoms with van der Waals surface area (Å²) in [5, 5.41) is 3.32. The van der Waals surface area contributed by atoms with Crippen LogP contribution in [0.3, 0.4) is 0 Å². The van der Waals surface area contributed by atoms with Crippen molar-refractivity contribution in [1.29, 1.82) is 0 Å². The van der Waals surface area contributed by atoms with Crippen molar-refractivity contribution in [3.63, 3.8) is 0 Å². The normalized spacial score (nSPS) is 23.8. The minimum atomic E-state index is -1.34. The van der Waals surface area contributed by atoms with Crippen molar-refractivity contribution in [3.05, 3.63) is 33.8 Å². The van der Waals surface area contributed by atoms with Gasteiger partial charge in [-0.05, 0) is 19.1 Å². The van der Waals surface area contributed by atoms with Gasteiger partial charge in [-0.15, -0.1) is 0 Å². The first-order valence-electron chi connectivity index (χ1n) is 7.78. The first-order chi connectivity index (χ1) is 11.8. The van der Waals surface area contributed by atoms with Gasteiger partial charge in [0.2, 0.25) is 5.91 Å². The van der Waals surface area contributed by atoms with Gasteiger partial charge in [0.25, 0.3) is 5.91 Å². The standard InChI is InChI=1S/C16H17Cl2N3O4/c1-16(11-3-2-10(17)8-12(11)18)14(23)21(15(24)19-16)9-13(22)20-4-6-25-7-5-20/h2-3,8H,4-7,9H2,1H3,(H,19,24)/t16-/m1/s1. The number of carbonyl (C=O) groups is 3. The highest BCUT2D eigenvalue weighted by molar-refractivity contribution is 6.35. The zero-order chi connectivity index (χ0) is 18.2. The molecule has 2 aliphatic heterocycles. The summed E-state index contributed by atoms with van der Waals surface area (Å²) in [7, 11) is 0. The third kappa shape index (κ3) is 3.31. The highest BCUT2D eigenvalue weighted by Gasteiger charge is 2.50. The van der Waals surface area contributed by atoms with Crippen LogP contribution in [0.15, 0.2) is 18.2 Å². The maximum Gasteiger partial charge on any atom is 0.325 e. The maximum absolute atomic E-state index is 12.8. The highest BCUT2D eigenvalue weighted by atomic mass is 35.5. The van der Waals surface area contributed by atoms with Gasteiger partial charge in [0.05, 0.1) is 13.2 Å². The number of rotatable bonds is 3. The number of urea groups is 1. The van der Waals surface area contributed by atoms with E-state index >= 15 is 0 Å². The summed E-state index contributed by atoms with van der Waals surface area (Å²) in [6, 6.07) is 4.07. The van der Waals surface area contributed by atoms with Gasteiger partial charge in [-0.25, -0.2) is 4.79 Å². The van der Waals surface area contributed by atoms with E-state index in [-0.39, 0.29) is 17.5 Å². The van der Waals surface area contributed by atoms with E-state index in [1.165, 1.54) is 6.07 Å². The molecule has 0 spiro atoms. The Morgan fingerprint density at radius 2 is 1.96 bits per heavy atom. The monoisotopic (exact) mass is 385 g/mol. The number of benzene rings is 1. The van der Waals surface area contributed by atoms with Gasteiger partial charge in [0.15, 0.2) is 0 Å². The van der Waals surface area contributed by atoms with Crippen LogP contribution in [-0.2, 0) is 19.9 Å². The number of nitrogens with one attached hydrogen (secondary N) is 1. The fourth-order valence-electron chi connectivity index (χ4n) is 2.97. The third-order valence-corrected chi connectivity index (χ3v) is 4.95. The number of ether oxygens (including phenoxy) is 1. The van der Waals surface area contributed by atoms with Gasteiger partial charge in [-0.3, -0.25) is 14.5 Å². The number of hydrogen-bond acceptors (Lipinski definition) is 4. The van der Waals surface area contributed by atoms with E-state index in [1.54, 1.807) is 24.0 Å². The quantitative estimate of drug-likeness (QED) is 0.801. The molecule has 7 nitrogen and oxygen atoms in total. The predicted molar refractivity (Wildman–Crippen MR) is 91.5 cm³/mol. The van der Waals surface area contributed by atoms with Crippen LogP contribution in [0.2, 0.25) is 10.0 Å². The molecule has 0 aliphatic carbocycles. The molecule has 0 bridgehead atoms. The molecule has 134 valence electrons. The number of amides is 4.